The largest absolute Gasteiger partial charge is 0.507 e. The third-order valence-electron chi connectivity index (χ3n) is 5.69. The fourth-order valence-electron chi connectivity index (χ4n) is 4.01. The van der Waals surface area contributed by atoms with Crippen LogP contribution in [0.25, 0.3) is 5.76 Å². The number of halogens is 3. The third-order valence-corrected chi connectivity index (χ3v) is 5.69. The van der Waals surface area contributed by atoms with Gasteiger partial charge in [0.15, 0.2) is 0 Å². The fourth-order valence-corrected chi connectivity index (χ4v) is 4.01. The van der Waals surface area contributed by atoms with Gasteiger partial charge in [-0.25, -0.2) is 0 Å². The first-order valence-corrected chi connectivity index (χ1v) is 10.4. The number of benzene rings is 3. The molecule has 3 aromatic carbocycles. The van der Waals surface area contributed by atoms with E-state index in [0.717, 1.165) is 23.1 Å². The van der Waals surface area contributed by atoms with Gasteiger partial charge in [-0.3, -0.25) is 24.6 Å². The van der Waals surface area contributed by atoms with Gasteiger partial charge >= 0.3 is 6.18 Å². The van der Waals surface area contributed by atoms with Crippen LogP contribution in [0.15, 0.2) is 78.4 Å². The summed E-state index contributed by atoms with van der Waals surface area (Å²) in [6.07, 6.45) is -4.75. The van der Waals surface area contributed by atoms with Crippen molar-refractivity contribution in [3.8, 4) is 5.75 Å². The second-order valence-electron chi connectivity index (χ2n) is 7.76. The number of ketones is 1. The molecular weight excluding hydrogens is 481 g/mol. The number of carbonyl (C=O) groups is 2. The second kappa shape index (κ2) is 9.17. The first kappa shape index (κ1) is 24.5. The lowest BCUT2D eigenvalue weighted by Gasteiger charge is -2.25. The molecule has 1 N–H and O–H groups in total. The van der Waals surface area contributed by atoms with Gasteiger partial charge in [-0.15, -0.1) is 0 Å². The Morgan fingerprint density at radius 3 is 2.31 bits per heavy atom. The molecule has 1 amide bonds. The standard InChI is InChI=1S/C25H17F3N2O6/c1-36-17-11-9-14(10-12-17)22(31)20-21(18-7-2-3-8-19(18)30(34)35)29(24(33)23(20)32)16-6-4-5-15(13-16)25(26,27)28/h2-13,21,31H,1H3/t21-/m1/s1. The Morgan fingerprint density at radius 1 is 1.03 bits per heavy atom. The quantitative estimate of drug-likeness (QED) is 0.169. The Hall–Kier alpha value is -4.67. The Labute approximate surface area is 202 Å². The van der Waals surface area contributed by atoms with Crippen molar-refractivity contribution in [1.29, 1.82) is 0 Å². The molecule has 8 nitrogen and oxygen atoms in total. The minimum Gasteiger partial charge on any atom is -0.507 e. The maximum Gasteiger partial charge on any atom is 0.416 e. The van der Waals surface area contributed by atoms with Crippen LogP contribution in [0, 0.1) is 10.1 Å². The highest BCUT2D eigenvalue weighted by Crippen LogP contribution is 2.45. The molecule has 184 valence electrons. The van der Waals surface area contributed by atoms with Crippen LogP contribution >= 0.6 is 0 Å². The number of nitro benzene ring substituents is 1. The normalized spacial score (nSPS) is 17.3. The van der Waals surface area contributed by atoms with Crippen LogP contribution in [-0.2, 0) is 15.8 Å². The van der Waals surface area contributed by atoms with Crippen LogP contribution in [0.4, 0.5) is 24.5 Å². The molecule has 1 aliphatic rings. The number of hydrogen-bond acceptors (Lipinski definition) is 6. The third kappa shape index (κ3) is 4.26. The van der Waals surface area contributed by atoms with Crippen LogP contribution in [-0.4, -0.2) is 28.8 Å². The lowest BCUT2D eigenvalue weighted by molar-refractivity contribution is -0.385. The molecule has 3 aromatic rings. The summed E-state index contributed by atoms with van der Waals surface area (Å²) < 4.78 is 45.2. The van der Waals surface area contributed by atoms with Crippen molar-refractivity contribution in [3.05, 3.63) is 105 Å². The number of ether oxygens (including phenoxy) is 1. The molecule has 11 heteroatoms. The summed E-state index contributed by atoms with van der Waals surface area (Å²) in [4.78, 5) is 38.0. The zero-order chi connectivity index (χ0) is 26.2. The zero-order valence-corrected chi connectivity index (χ0v) is 18.5. The average molecular weight is 498 g/mol. The molecule has 0 spiro atoms. The average Bonchev–Trinajstić information content (AvgIpc) is 3.13. The number of para-hydroxylation sites is 1. The Balaban J connectivity index is 1.99. The Morgan fingerprint density at radius 2 is 1.69 bits per heavy atom. The monoisotopic (exact) mass is 498 g/mol. The van der Waals surface area contributed by atoms with Gasteiger partial charge in [0.2, 0.25) is 0 Å². The number of Topliss-reactive ketones (excluding diaryl/α,β-unsaturated/α-hetero) is 1. The van der Waals surface area contributed by atoms with Gasteiger partial charge in [0, 0.05) is 17.3 Å². The number of nitrogens with zero attached hydrogens (tertiary/aromatic N) is 2. The van der Waals surface area contributed by atoms with Crippen LogP contribution in [0.2, 0.25) is 0 Å². The summed E-state index contributed by atoms with van der Waals surface area (Å²) in [6, 6.07) is 13.1. The maximum absolute atomic E-state index is 13.4. The first-order chi connectivity index (χ1) is 17.0. The molecule has 0 radical (unpaired) electrons. The number of rotatable bonds is 5. The van der Waals surface area contributed by atoms with Crippen molar-refractivity contribution in [2.45, 2.75) is 12.2 Å². The van der Waals surface area contributed by atoms with Gasteiger partial charge < -0.3 is 9.84 Å². The van der Waals surface area contributed by atoms with Crippen LogP contribution in [0.1, 0.15) is 22.7 Å². The minimum atomic E-state index is -4.75. The van der Waals surface area contributed by atoms with E-state index in [2.05, 4.69) is 0 Å². The van der Waals surface area contributed by atoms with E-state index in [1.165, 1.54) is 55.6 Å². The first-order valence-electron chi connectivity index (χ1n) is 10.4. The topological polar surface area (TPSA) is 110 Å². The molecule has 1 atom stereocenters. The van der Waals surface area contributed by atoms with Crippen LogP contribution in [0.5, 0.6) is 5.75 Å². The highest BCUT2D eigenvalue weighted by atomic mass is 19.4. The van der Waals surface area contributed by atoms with Crippen molar-refractivity contribution < 1.29 is 37.5 Å². The van der Waals surface area contributed by atoms with Crippen LogP contribution < -0.4 is 9.64 Å². The Kier molecular flexibility index (Phi) is 6.23. The molecule has 1 saturated heterocycles. The highest BCUT2D eigenvalue weighted by Gasteiger charge is 2.49. The highest BCUT2D eigenvalue weighted by molar-refractivity contribution is 6.51. The zero-order valence-electron chi connectivity index (χ0n) is 18.5. The summed E-state index contributed by atoms with van der Waals surface area (Å²) >= 11 is 0. The lowest BCUT2D eigenvalue weighted by atomic mass is 9.94. The van der Waals surface area contributed by atoms with Crippen molar-refractivity contribution in [2.24, 2.45) is 0 Å². The molecule has 1 heterocycles. The number of aliphatic hydroxyl groups excluding tert-OH is 1. The van der Waals surface area contributed by atoms with Crippen LogP contribution in [0.3, 0.4) is 0 Å². The van der Waals surface area contributed by atoms with E-state index in [1.807, 2.05) is 0 Å². The number of alkyl halides is 3. The molecule has 4 rings (SSSR count). The van der Waals surface area contributed by atoms with Gasteiger partial charge in [-0.1, -0.05) is 18.2 Å². The summed E-state index contributed by atoms with van der Waals surface area (Å²) in [5.41, 5.74) is -2.45. The molecule has 1 fully saturated rings. The number of carbonyl (C=O) groups excluding carboxylic acids is 2. The molecule has 0 aromatic heterocycles. The summed E-state index contributed by atoms with van der Waals surface area (Å²) in [5, 5.41) is 22.8. The van der Waals surface area contributed by atoms with Crippen molar-refractivity contribution >= 4 is 28.8 Å². The van der Waals surface area contributed by atoms with Gasteiger partial charge in [0.05, 0.1) is 28.7 Å². The van der Waals surface area contributed by atoms with E-state index in [-0.39, 0.29) is 16.8 Å². The predicted octanol–water partition coefficient (Wildman–Crippen LogP) is 5.25. The molecule has 1 aliphatic heterocycles. The smallest absolute Gasteiger partial charge is 0.416 e. The van der Waals surface area contributed by atoms with E-state index in [1.54, 1.807) is 0 Å². The van der Waals surface area contributed by atoms with Crippen molar-refractivity contribution in [2.75, 3.05) is 12.0 Å². The van der Waals surface area contributed by atoms with E-state index in [0.29, 0.717) is 11.8 Å². The summed E-state index contributed by atoms with van der Waals surface area (Å²) in [7, 11) is 1.42. The van der Waals surface area contributed by atoms with Gasteiger partial charge in [0.1, 0.15) is 17.6 Å². The van der Waals surface area contributed by atoms with E-state index >= 15 is 0 Å². The van der Waals surface area contributed by atoms with Crippen molar-refractivity contribution in [3.63, 3.8) is 0 Å². The number of nitro groups is 1. The second-order valence-corrected chi connectivity index (χ2v) is 7.76. The van der Waals surface area contributed by atoms with E-state index < -0.39 is 51.4 Å². The molecule has 0 saturated carbocycles. The number of methoxy groups -OCH3 is 1. The molecule has 0 unspecified atom stereocenters. The van der Waals surface area contributed by atoms with Gasteiger partial charge in [-0.2, -0.15) is 13.2 Å². The van der Waals surface area contributed by atoms with Crippen molar-refractivity contribution in [1.82, 2.24) is 0 Å². The van der Waals surface area contributed by atoms with E-state index in [4.69, 9.17) is 4.74 Å². The number of amides is 1. The van der Waals surface area contributed by atoms with Gasteiger partial charge in [0.25, 0.3) is 17.4 Å². The SMILES string of the molecule is COc1ccc(C(O)=C2C(=O)C(=O)N(c3cccc(C(F)(F)F)c3)[C@@H]2c2ccccc2[N+](=O)[O-])cc1. The fraction of sp³-hybridized carbons (Fsp3) is 0.120. The molecular formula is C25H17F3N2O6. The Bertz CT molecular complexity index is 1400. The maximum atomic E-state index is 13.4. The minimum absolute atomic E-state index is 0.0985. The lowest BCUT2D eigenvalue weighted by Crippen LogP contribution is -2.30. The molecule has 0 aliphatic carbocycles. The summed E-state index contributed by atoms with van der Waals surface area (Å²) in [6.45, 7) is 0. The number of hydrogen-bond donors (Lipinski definition) is 1. The number of aliphatic hydroxyl groups is 1. The molecule has 0 bridgehead atoms. The predicted molar refractivity (Wildman–Crippen MR) is 122 cm³/mol. The number of anilines is 1. The van der Waals surface area contributed by atoms with E-state index in [9.17, 15) is 38.0 Å². The molecule has 36 heavy (non-hydrogen) atoms. The summed E-state index contributed by atoms with van der Waals surface area (Å²) in [5.74, 6) is -2.66. The van der Waals surface area contributed by atoms with Gasteiger partial charge in [-0.05, 0) is 48.5 Å².